The highest BCUT2D eigenvalue weighted by Crippen LogP contribution is 2.57. The van der Waals surface area contributed by atoms with Crippen LogP contribution in [0, 0.1) is 11.2 Å². The molecule has 2 unspecified atom stereocenters. The summed E-state index contributed by atoms with van der Waals surface area (Å²) in [6.07, 6.45) is 6.21. The van der Waals surface area contributed by atoms with E-state index in [2.05, 4.69) is 24.5 Å². The Kier molecular flexibility index (Phi) is 9.03. The Morgan fingerprint density at radius 2 is 2.03 bits per heavy atom. The summed E-state index contributed by atoms with van der Waals surface area (Å²) in [7, 11) is 0. The van der Waals surface area contributed by atoms with Crippen molar-refractivity contribution in [1.29, 1.82) is 0 Å². The van der Waals surface area contributed by atoms with E-state index in [9.17, 15) is 9.50 Å². The highest BCUT2D eigenvalue weighted by Gasteiger charge is 2.59. The number of nitrogens with one attached hydrogen (secondary N) is 2. The fourth-order valence-corrected chi connectivity index (χ4v) is 5.31. The van der Waals surface area contributed by atoms with E-state index in [1.165, 1.54) is 19.3 Å². The molecule has 3 aliphatic rings. The molecule has 32 heavy (non-hydrogen) atoms. The van der Waals surface area contributed by atoms with Crippen LogP contribution in [-0.2, 0) is 11.3 Å². The highest BCUT2D eigenvalue weighted by atomic mass is 127. The lowest BCUT2D eigenvalue weighted by atomic mass is 9.51. The van der Waals surface area contributed by atoms with Crippen molar-refractivity contribution in [3.63, 3.8) is 0 Å². The molecule has 1 aromatic carbocycles. The maximum Gasteiger partial charge on any atom is 0.191 e. The summed E-state index contributed by atoms with van der Waals surface area (Å²) in [6.45, 7) is 7.50. The van der Waals surface area contributed by atoms with Crippen LogP contribution in [-0.4, -0.2) is 55.6 Å². The fourth-order valence-electron chi connectivity index (χ4n) is 5.31. The number of rotatable bonds is 7. The first-order chi connectivity index (χ1) is 15.1. The summed E-state index contributed by atoms with van der Waals surface area (Å²) in [4.78, 5) is 6.75. The van der Waals surface area contributed by atoms with Gasteiger partial charge in [-0.15, -0.1) is 24.0 Å². The number of nitrogens with zero attached hydrogens (tertiary/aromatic N) is 2. The minimum atomic E-state index is -0.261. The Morgan fingerprint density at radius 1 is 1.28 bits per heavy atom. The number of aliphatic imine (C=N–C) groups is 1. The van der Waals surface area contributed by atoms with Gasteiger partial charge in [0.2, 0.25) is 0 Å². The van der Waals surface area contributed by atoms with Crippen molar-refractivity contribution in [1.82, 2.24) is 10.6 Å². The molecule has 1 aromatic rings. The fraction of sp³-hybridized carbons (Fsp3) is 0.708. The number of hydrogen-bond acceptors (Lipinski definition) is 4. The van der Waals surface area contributed by atoms with Gasteiger partial charge in [0.1, 0.15) is 5.82 Å². The van der Waals surface area contributed by atoms with Gasteiger partial charge >= 0.3 is 0 Å². The van der Waals surface area contributed by atoms with Crippen LogP contribution in [0.1, 0.15) is 57.9 Å². The summed E-state index contributed by atoms with van der Waals surface area (Å²) >= 11 is 0. The number of ether oxygens (including phenoxy) is 1. The molecule has 8 heteroatoms. The summed E-state index contributed by atoms with van der Waals surface area (Å²) in [5, 5.41) is 16.6. The van der Waals surface area contributed by atoms with E-state index in [0.717, 1.165) is 31.1 Å². The van der Waals surface area contributed by atoms with Gasteiger partial charge in [-0.25, -0.2) is 9.38 Å². The molecule has 1 heterocycles. The number of hydrogen-bond donors (Lipinski definition) is 3. The Bertz CT molecular complexity index is 781. The molecule has 1 saturated heterocycles. The molecule has 0 aromatic heterocycles. The van der Waals surface area contributed by atoms with Gasteiger partial charge in [0, 0.05) is 37.7 Å². The lowest BCUT2D eigenvalue weighted by molar-refractivity contribution is -0.168. The third kappa shape index (κ3) is 5.33. The zero-order valence-corrected chi connectivity index (χ0v) is 21.6. The number of halogens is 2. The van der Waals surface area contributed by atoms with Gasteiger partial charge in [0.25, 0.3) is 0 Å². The van der Waals surface area contributed by atoms with E-state index in [1.54, 1.807) is 6.07 Å². The zero-order valence-electron chi connectivity index (χ0n) is 19.3. The maximum atomic E-state index is 14.8. The first-order valence-electron chi connectivity index (χ1n) is 11.9. The quantitative estimate of drug-likeness (QED) is 0.269. The standard InChI is InChI=1S/C24H37FN4O2.HI/c1-3-26-23(28-21-15-22(31-4-2)24(21)10-5-11-24)27-16-17-6-7-20(19(25)14-17)29-12-8-18(30)9-13-29;/h6-7,14,18,21-22,30H,3-5,8-13,15-16H2,1-2H3,(H2,26,27,28);1H. The molecule has 180 valence electrons. The second-order valence-corrected chi connectivity index (χ2v) is 9.16. The smallest absolute Gasteiger partial charge is 0.191 e. The average molecular weight is 560 g/mol. The molecule has 3 fully saturated rings. The van der Waals surface area contributed by atoms with Crippen molar-refractivity contribution in [3.8, 4) is 0 Å². The van der Waals surface area contributed by atoms with Crippen molar-refractivity contribution in [2.24, 2.45) is 10.4 Å². The molecule has 0 radical (unpaired) electrons. The molecule has 3 N–H and O–H groups in total. The number of guanidine groups is 1. The molecule has 1 aliphatic heterocycles. The normalized spacial score (nSPS) is 25.0. The Hall–Kier alpha value is -1.13. The van der Waals surface area contributed by atoms with Gasteiger partial charge in [0.15, 0.2) is 5.96 Å². The molecule has 2 atom stereocenters. The average Bonchev–Trinajstić information content (AvgIpc) is 2.71. The third-order valence-corrected chi connectivity index (χ3v) is 7.33. The summed E-state index contributed by atoms with van der Waals surface area (Å²) in [5.74, 6) is 0.581. The van der Waals surface area contributed by atoms with Gasteiger partial charge in [-0.05, 0) is 63.6 Å². The summed E-state index contributed by atoms with van der Waals surface area (Å²) in [6, 6.07) is 5.79. The van der Waals surface area contributed by atoms with Crippen LogP contribution in [0.4, 0.5) is 10.1 Å². The topological polar surface area (TPSA) is 69.1 Å². The number of anilines is 1. The van der Waals surface area contributed by atoms with E-state index >= 15 is 0 Å². The van der Waals surface area contributed by atoms with Crippen LogP contribution in [0.2, 0.25) is 0 Å². The van der Waals surface area contributed by atoms with Gasteiger partial charge in [0.05, 0.1) is 24.4 Å². The molecule has 1 spiro atoms. The monoisotopic (exact) mass is 560 g/mol. The van der Waals surface area contributed by atoms with Gasteiger partial charge < -0.3 is 25.4 Å². The van der Waals surface area contributed by atoms with Gasteiger partial charge in [-0.2, -0.15) is 0 Å². The molecule has 2 aliphatic carbocycles. The molecule has 4 rings (SSSR count). The Labute approximate surface area is 208 Å². The summed E-state index contributed by atoms with van der Waals surface area (Å²) < 4.78 is 20.7. The zero-order chi connectivity index (χ0) is 21.8. The van der Waals surface area contributed by atoms with Crippen LogP contribution in [0.25, 0.3) is 0 Å². The predicted molar refractivity (Wildman–Crippen MR) is 137 cm³/mol. The number of piperidine rings is 1. The SMILES string of the molecule is CCNC(=NCc1ccc(N2CCC(O)CC2)c(F)c1)NC1CC(OCC)C12CCC2.I. The van der Waals surface area contributed by atoms with Crippen molar-refractivity contribution in [2.75, 3.05) is 31.1 Å². The minimum absolute atomic E-state index is 0. The third-order valence-electron chi connectivity index (χ3n) is 7.33. The van der Waals surface area contributed by atoms with Crippen molar-refractivity contribution in [2.45, 2.75) is 77.2 Å². The molecular weight excluding hydrogens is 522 g/mol. The van der Waals surface area contributed by atoms with E-state index in [4.69, 9.17) is 9.73 Å². The van der Waals surface area contributed by atoms with Crippen LogP contribution in [0.5, 0.6) is 0 Å². The lowest BCUT2D eigenvalue weighted by Crippen LogP contribution is -2.68. The van der Waals surface area contributed by atoms with Gasteiger partial charge in [-0.3, -0.25) is 0 Å². The van der Waals surface area contributed by atoms with E-state index < -0.39 is 0 Å². The molecule has 0 bridgehead atoms. The van der Waals surface area contributed by atoms with Crippen molar-refractivity contribution in [3.05, 3.63) is 29.6 Å². The summed E-state index contributed by atoms with van der Waals surface area (Å²) in [5.41, 5.74) is 1.74. The van der Waals surface area contributed by atoms with E-state index in [0.29, 0.717) is 50.3 Å². The van der Waals surface area contributed by atoms with Crippen molar-refractivity contribution < 1.29 is 14.2 Å². The lowest BCUT2D eigenvalue weighted by Gasteiger charge is -2.61. The largest absolute Gasteiger partial charge is 0.393 e. The molecule has 6 nitrogen and oxygen atoms in total. The van der Waals surface area contributed by atoms with Crippen LogP contribution in [0.15, 0.2) is 23.2 Å². The Balaban J connectivity index is 0.00000289. The first kappa shape index (κ1) is 25.5. The molecule has 0 amide bonds. The molecule has 2 saturated carbocycles. The van der Waals surface area contributed by atoms with E-state index in [-0.39, 0.29) is 41.3 Å². The number of benzene rings is 1. The van der Waals surface area contributed by atoms with Crippen LogP contribution in [0.3, 0.4) is 0 Å². The van der Waals surface area contributed by atoms with E-state index in [1.807, 2.05) is 17.0 Å². The minimum Gasteiger partial charge on any atom is -0.393 e. The molecular formula is C24H38FIN4O2. The van der Waals surface area contributed by atoms with Gasteiger partial charge in [-0.1, -0.05) is 12.5 Å². The predicted octanol–water partition coefficient (Wildman–Crippen LogP) is 3.81. The first-order valence-corrected chi connectivity index (χ1v) is 11.9. The number of aliphatic hydroxyl groups is 1. The second kappa shape index (κ2) is 11.3. The second-order valence-electron chi connectivity index (χ2n) is 9.16. The highest BCUT2D eigenvalue weighted by molar-refractivity contribution is 14.0. The number of aliphatic hydroxyl groups excluding tert-OH is 1. The van der Waals surface area contributed by atoms with Crippen molar-refractivity contribution >= 4 is 35.6 Å². The maximum absolute atomic E-state index is 14.8. The Morgan fingerprint density at radius 3 is 2.62 bits per heavy atom. The van der Waals surface area contributed by atoms with Crippen LogP contribution < -0.4 is 15.5 Å². The van der Waals surface area contributed by atoms with Crippen LogP contribution >= 0.6 is 24.0 Å².